The second-order valence-electron chi connectivity index (χ2n) is 5.93. The van der Waals surface area contributed by atoms with Crippen molar-refractivity contribution in [1.82, 2.24) is 0 Å². The third-order valence-electron chi connectivity index (χ3n) is 5.18. The first-order chi connectivity index (χ1) is 10.4. The fraction of sp³-hybridized carbons (Fsp3) is 0.875. The minimum Gasteiger partial charge on any atom is -0.413 e. The average molecular weight is 363 g/mol. The van der Waals surface area contributed by atoms with E-state index in [1.54, 1.807) is 0 Å². The standard InChI is InChI=1S/C16H38O3Si3/c1-9-17-22(16-8,18-20(10-2,11-3)12-4)19-21(13-5,14-6)15-7/h16H,8-15H2,1-7H3. The molecule has 0 aromatic heterocycles. The molecule has 0 fully saturated rings. The van der Waals surface area contributed by atoms with Crippen molar-refractivity contribution < 1.29 is 12.7 Å². The van der Waals surface area contributed by atoms with Crippen molar-refractivity contribution in [2.45, 2.75) is 84.7 Å². The van der Waals surface area contributed by atoms with Crippen molar-refractivity contribution in [1.29, 1.82) is 0 Å². The molecule has 0 amide bonds. The van der Waals surface area contributed by atoms with Gasteiger partial charge in [-0.1, -0.05) is 48.1 Å². The first-order valence-electron chi connectivity index (χ1n) is 9.08. The van der Waals surface area contributed by atoms with Crippen LogP contribution in [0.15, 0.2) is 12.3 Å². The molecule has 0 aromatic carbocycles. The summed E-state index contributed by atoms with van der Waals surface area (Å²) in [5.74, 6) is 0. The van der Waals surface area contributed by atoms with Crippen LogP contribution >= 0.6 is 0 Å². The molecule has 0 spiro atoms. The van der Waals surface area contributed by atoms with Gasteiger partial charge in [-0.3, -0.25) is 0 Å². The molecule has 0 N–H and O–H groups in total. The maximum Gasteiger partial charge on any atom is 0.508 e. The summed E-state index contributed by atoms with van der Waals surface area (Å²) in [5.41, 5.74) is 1.89. The van der Waals surface area contributed by atoms with Gasteiger partial charge in [-0.25, -0.2) is 0 Å². The minimum atomic E-state index is -2.78. The molecular weight excluding hydrogens is 324 g/mol. The Morgan fingerprint density at radius 1 is 0.682 bits per heavy atom. The highest BCUT2D eigenvalue weighted by Crippen LogP contribution is 2.33. The van der Waals surface area contributed by atoms with Gasteiger partial charge in [0.05, 0.1) is 0 Å². The van der Waals surface area contributed by atoms with Crippen molar-refractivity contribution in [3.8, 4) is 0 Å². The zero-order valence-electron chi connectivity index (χ0n) is 16.0. The zero-order chi connectivity index (χ0) is 17.3. The lowest BCUT2D eigenvalue weighted by Gasteiger charge is -2.42. The molecule has 0 heterocycles. The Balaban J connectivity index is 5.61. The summed E-state index contributed by atoms with van der Waals surface area (Å²) >= 11 is 0. The van der Waals surface area contributed by atoms with Gasteiger partial charge in [-0.05, 0) is 48.9 Å². The van der Waals surface area contributed by atoms with Crippen LogP contribution in [0.5, 0.6) is 0 Å². The van der Waals surface area contributed by atoms with E-state index < -0.39 is 25.4 Å². The molecule has 0 aliphatic heterocycles. The molecule has 132 valence electrons. The molecule has 0 aliphatic carbocycles. The van der Waals surface area contributed by atoms with E-state index in [-0.39, 0.29) is 0 Å². The van der Waals surface area contributed by atoms with Gasteiger partial charge >= 0.3 is 8.80 Å². The molecule has 0 unspecified atom stereocenters. The topological polar surface area (TPSA) is 27.7 Å². The SMILES string of the molecule is C=C[Si](OCC)(O[Si](CC)(CC)CC)O[Si](CC)(CC)CC. The lowest BCUT2D eigenvalue weighted by atomic mass is 10.9. The molecule has 0 rings (SSSR count). The molecule has 0 radical (unpaired) electrons. The Morgan fingerprint density at radius 3 is 1.18 bits per heavy atom. The fourth-order valence-corrected chi connectivity index (χ4v) is 16.5. The Hall–Kier alpha value is 0.271. The van der Waals surface area contributed by atoms with E-state index in [1.807, 2.05) is 12.6 Å². The molecule has 0 aliphatic rings. The third-order valence-corrected chi connectivity index (χ3v) is 19.8. The monoisotopic (exact) mass is 362 g/mol. The predicted octanol–water partition coefficient (Wildman–Crippen LogP) is 5.73. The van der Waals surface area contributed by atoms with Gasteiger partial charge in [0.15, 0.2) is 16.6 Å². The normalized spacial score (nSPS) is 13.4. The van der Waals surface area contributed by atoms with E-state index in [2.05, 4.69) is 48.1 Å². The van der Waals surface area contributed by atoms with Crippen LogP contribution in [0.2, 0.25) is 36.3 Å². The van der Waals surface area contributed by atoms with E-state index >= 15 is 0 Å². The Kier molecular flexibility index (Phi) is 10.3. The molecule has 6 heteroatoms. The molecule has 0 bridgehead atoms. The maximum atomic E-state index is 6.77. The summed E-state index contributed by atoms with van der Waals surface area (Å²) in [6.45, 7) is 20.2. The summed E-state index contributed by atoms with van der Waals surface area (Å²) in [5, 5.41) is 0. The molecule has 0 atom stereocenters. The Bertz CT molecular complexity index is 277. The lowest BCUT2D eigenvalue weighted by Crippen LogP contribution is -2.59. The van der Waals surface area contributed by atoms with E-state index in [4.69, 9.17) is 12.7 Å². The molecule has 3 nitrogen and oxygen atoms in total. The molecule has 0 saturated heterocycles. The summed E-state index contributed by atoms with van der Waals surface area (Å²) in [4.78, 5) is 0. The van der Waals surface area contributed by atoms with Crippen molar-refractivity contribution >= 4 is 25.4 Å². The minimum absolute atomic E-state index is 0.626. The number of hydrogen-bond donors (Lipinski definition) is 0. The van der Waals surface area contributed by atoms with Crippen LogP contribution in [0.25, 0.3) is 0 Å². The number of rotatable bonds is 13. The summed E-state index contributed by atoms with van der Waals surface area (Å²) in [6.07, 6.45) is 0. The van der Waals surface area contributed by atoms with Crippen molar-refractivity contribution in [3.05, 3.63) is 12.3 Å². The van der Waals surface area contributed by atoms with Gasteiger partial charge in [-0.2, -0.15) is 0 Å². The van der Waals surface area contributed by atoms with Gasteiger partial charge in [-0.15, -0.1) is 0 Å². The van der Waals surface area contributed by atoms with Gasteiger partial charge < -0.3 is 12.7 Å². The van der Waals surface area contributed by atoms with Crippen LogP contribution in [0.3, 0.4) is 0 Å². The van der Waals surface area contributed by atoms with Crippen molar-refractivity contribution in [3.63, 3.8) is 0 Å². The van der Waals surface area contributed by atoms with Crippen molar-refractivity contribution in [2.75, 3.05) is 6.61 Å². The smallest absolute Gasteiger partial charge is 0.413 e. The highest BCUT2D eigenvalue weighted by Gasteiger charge is 2.50. The van der Waals surface area contributed by atoms with Crippen LogP contribution in [0.1, 0.15) is 48.5 Å². The first-order valence-corrected chi connectivity index (χ1v) is 15.9. The van der Waals surface area contributed by atoms with Crippen molar-refractivity contribution in [2.24, 2.45) is 0 Å². The second kappa shape index (κ2) is 10.2. The second-order valence-corrected chi connectivity index (χ2v) is 18.4. The molecular formula is C16H38O3Si3. The lowest BCUT2D eigenvalue weighted by molar-refractivity contribution is 0.179. The van der Waals surface area contributed by atoms with Gasteiger partial charge in [0.2, 0.25) is 0 Å². The summed E-state index contributed by atoms with van der Waals surface area (Å²) < 4.78 is 19.7. The fourth-order valence-electron chi connectivity index (χ4n) is 2.96. The maximum absolute atomic E-state index is 6.77. The Morgan fingerprint density at radius 2 is 1.00 bits per heavy atom. The summed E-state index contributed by atoms with van der Waals surface area (Å²) in [7, 11) is -6.35. The number of hydrogen-bond acceptors (Lipinski definition) is 3. The summed E-state index contributed by atoms with van der Waals surface area (Å²) in [6, 6.07) is 6.65. The van der Waals surface area contributed by atoms with Crippen LogP contribution in [0.4, 0.5) is 0 Å². The van der Waals surface area contributed by atoms with E-state index in [9.17, 15) is 0 Å². The predicted molar refractivity (Wildman–Crippen MR) is 104 cm³/mol. The first kappa shape index (κ1) is 22.3. The van der Waals surface area contributed by atoms with Crippen LogP contribution in [-0.4, -0.2) is 32.0 Å². The van der Waals surface area contributed by atoms with Gasteiger partial charge in [0, 0.05) is 6.61 Å². The van der Waals surface area contributed by atoms with Crippen LogP contribution < -0.4 is 0 Å². The zero-order valence-corrected chi connectivity index (χ0v) is 19.0. The molecule has 0 saturated carbocycles. The van der Waals surface area contributed by atoms with Crippen LogP contribution in [0, 0.1) is 0 Å². The van der Waals surface area contributed by atoms with Gasteiger partial charge in [0.1, 0.15) is 0 Å². The van der Waals surface area contributed by atoms with Crippen LogP contribution in [-0.2, 0) is 12.7 Å². The van der Waals surface area contributed by atoms with E-state index in [0.29, 0.717) is 6.61 Å². The Labute approximate surface area is 142 Å². The molecule has 0 aromatic rings. The third kappa shape index (κ3) is 5.42. The average Bonchev–Trinajstić information content (AvgIpc) is 2.58. The largest absolute Gasteiger partial charge is 0.508 e. The van der Waals surface area contributed by atoms with Gasteiger partial charge in [0.25, 0.3) is 0 Å². The highest BCUT2D eigenvalue weighted by molar-refractivity contribution is 6.89. The quantitative estimate of drug-likeness (QED) is 0.391. The van der Waals surface area contributed by atoms with E-state index in [1.165, 1.54) is 0 Å². The van der Waals surface area contributed by atoms with E-state index in [0.717, 1.165) is 36.3 Å². The molecule has 22 heavy (non-hydrogen) atoms. The highest BCUT2D eigenvalue weighted by atomic mass is 28.5.